The van der Waals surface area contributed by atoms with Gasteiger partial charge in [0.2, 0.25) is 12.2 Å². The van der Waals surface area contributed by atoms with E-state index in [2.05, 4.69) is 21.7 Å². The molecule has 0 saturated heterocycles. The van der Waals surface area contributed by atoms with E-state index in [0.717, 1.165) is 24.0 Å². The first-order valence-corrected chi connectivity index (χ1v) is 13.4. The molecule has 3 heterocycles. The number of nitrogens with zero attached hydrogens (tertiary/aromatic N) is 6. The molecule has 41 heavy (non-hydrogen) atoms. The summed E-state index contributed by atoms with van der Waals surface area (Å²) in [7, 11) is 8.56. The Hall–Kier alpha value is -3.83. The summed E-state index contributed by atoms with van der Waals surface area (Å²) in [6, 6.07) is 5.31. The molecule has 13 heteroatoms. The van der Waals surface area contributed by atoms with Crippen LogP contribution in [0.25, 0.3) is 0 Å². The zero-order valence-electron chi connectivity index (χ0n) is 24.7. The highest BCUT2D eigenvalue weighted by Gasteiger charge is 2.29. The zero-order valence-corrected chi connectivity index (χ0v) is 24.7. The van der Waals surface area contributed by atoms with Crippen molar-refractivity contribution in [1.82, 2.24) is 19.8 Å². The number of hydrogen-bond acceptors (Lipinski definition) is 10. The number of likely N-dealkylation sites (N-methyl/N-ethyl adjacent to an activating group) is 1. The van der Waals surface area contributed by atoms with E-state index in [-0.39, 0.29) is 5.91 Å². The lowest BCUT2D eigenvalue weighted by Gasteiger charge is -2.31. The second kappa shape index (κ2) is 15.2. The molecule has 2 N–H and O–H groups in total. The van der Waals surface area contributed by atoms with Gasteiger partial charge in [-0.05, 0) is 44.1 Å². The van der Waals surface area contributed by atoms with E-state index in [1.54, 1.807) is 29.9 Å². The van der Waals surface area contributed by atoms with Crippen molar-refractivity contribution in [3.63, 3.8) is 0 Å². The molecule has 3 amide bonds. The average Bonchev–Trinajstić information content (AvgIpc) is 2.95. The van der Waals surface area contributed by atoms with Gasteiger partial charge in [0.15, 0.2) is 0 Å². The number of pyridine rings is 2. The molecule has 0 atom stereocenters. The highest BCUT2D eigenvalue weighted by Crippen LogP contribution is 2.32. The summed E-state index contributed by atoms with van der Waals surface area (Å²) in [5.41, 5.74) is 3.10. The first kappa shape index (κ1) is 31.7. The number of rotatable bonds is 13. The Balaban J connectivity index is 1.92. The predicted molar refractivity (Wildman–Crippen MR) is 155 cm³/mol. The number of nitrogens with one attached hydrogen (secondary N) is 2. The van der Waals surface area contributed by atoms with E-state index in [1.165, 1.54) is 20.4 Å². The molecule has 0 fully saturated rings. The van der Waals surface area contributed by atoms with Crippen LogP contribution in [0.3, 0.4) is 0 Å². The van der Waals surface area contributed by atoms with Gasteiger partial charge in [-0.15, -0.1) is 0 Å². The summed E-state index contributed by atoms with van der Waals surface area (Å²) in [5, 5.41) is 15.4. The molecule has 0 radical (unpaired) electrons. The van der Waals surface area contributed by atoms with Crippen molar-refractivity contribution in [2.24, 2.45) is 0 Å². The number of methoxy groups -OCH3 is 3. The lowest BCUT2D eigenvalue weighted by Crippen LogP contribution is -2.40. The van der Waals surface area contributed by atoms with Crippen LogP contribution in [0, 0.1) is 11.3 Å². The minimum absolute atomic E-state index is 0.0473. The molecular formula is C28H40N8O5. The quantitative estimate of drug-likeness (QED) is 0.273. The van der Waals surface area contributed by atoms with Gasteiger partial charge < -0.3 is 29.3 Å². The minimum Gasteiger partial charge on any atom is -0.383 e. The van der Waals surface area contributed by atoms with Gasteiger partial charge in [0, 0.05) is 73.2 Å². The number of aryl methyl sites for hydroxylation is 1. The third kappa shape index (κ3) is 8.34. The third-order valence-electron chi connectivity index (χ3n) is 6.68. The Morgan fingerprint density at radius 3 is 2.59 bits per heavy atom. The molecular weight excluding hydrogens is 528 g/mol. The first-order chi connectivity index (χ1) is 19.7. The number of fused-ring (bicyclic) bond motifs is 1. The van der Waals surface area contributed by atoms with Crippen LogP contribution in [0.5, 0.6) is 0 Å². The number of amides is 3. The van der Waals surface area contributed by atoms with Crippen LogP contribution in [0.4, 0.5) is 22.1 Å². The fraction of sp³-hybridized carbons (Fsp3) is 0.536. The van der Waals surface area contributed by atoms with Crippen molar-refractivity contribution in [2.75, 3.05) is 83.7 Å². The molecule has 222 valence electrons. The van der Waals surface area contributed by atoms with E-state index in [1.807, 2.05) is 25.1 Å². The summed E-state index contributed by atoms with van der Waals surface area (Å²) >= 11 is 0. The molecule has 0 bridgehead atoms. The predicted octanol–water partition coefficient (Wildman–Crippen LogP) is 2.59. The smallest absolute Gasteiger partial charge is 0.328 e. The number of hydrogen-bond donors (Lipinski definition) is 2. The summed E-state index contributed by atoms with van der Waals surface area (Å²) in [5.74, 6) is 0.748. The van der Waals surface area contributed by atoms with Crippen LogP contribution in [0.2, 0.25) is 0 Å². The maximum atomic E-state index is 13.5. The molecule has 1 aliphatic rings. The molecule has 0 unspecified atom stereocenters. The molecule has 0 aromatic carbocycles. The van der Waals surface area contributed by atoms with Gasteiger partial charge in [-0.25, -0.2) is 14.8 Å². The van der Waals surface area contributed by atoms with E-state index >= 15 is 0 Å². The maximum Gasteiger partial charge on any atom is 0.328 e. The molecule has 13 nitrogen and oxygen atoms in total. The molecule has 0 saturated carbocycles. The monoisotopic (exact) mass is 568 g/mol. The lowest BCUT2D eigenvalue weighted by molar-refractivity contribution is -0.130. The molecule has 2 aromatic heterocycles. The topological polar surface area (TPSA) is 145 Å². The molecule has 2 aromatic rings. The second-order valence-electron chi connectivity index (χ2n) is 9.89. The fourth-order valence-electron chi connectivity index (χ4n) is 4.50. The van der Waals surface area contributed by atoms with Crippen LogP contribution in [0.15, 0.2) is 18.3 Å². The average molecular weight is 569 g/mol. The van der Waals surface area contributed by atoms with Gasteiger partial charge in [0.05, 0.1) is 17.9 Å². The molecule has 0 spiro atoms. The standard InChI is InChI=1S/C28H40N8O5/c1-19(37)35(12-11-34(2)3)18-21-14-20-8-7-10-36(26(20)33-25(21)27(40-5)41-6)28(38)32-24-15-23(30-9-13-39-4)22(16-29)17-31-24/h14-15,17,27H,7-13,18H2,1-6H3,(H2,30,31,32,38). The SMILES string of the molecule is COCCNc1cc(NC(=O)N2CCCc3cc(CN(CCN(C)C)C(C)=O)c(C(OC)OC)nc32)ncc1C#N. The Morgan fingerprint density at radius 2 is 1.95 bits per heavy atom. The van der Waals surface area contributed by atoms with Crippen molar-refractivity contribution < 1.29 is 23.8 Å². The number of aromatic nitrogens is 2. The number of urea groups is 1. The highest BCUT2D eigenvalue weighted by atomic mass is 16.7. The highest BCUT2D eigenvalue weighted by molar-refractivity contribution is 6.01. The van der Waals surface area contributed by atoms with Crippen molar-refractivity contribution in [1.29, 1.82) is 5.26 Å². The molecule has 0 aliphatic carbocycles. The van der Waals surface area contributed by atoms with E-state index in [4.69, 9.17) is 19.2 Å². The third-order valence-corrected chi connectivity index (χ3v) is 6.68. The van der Waals surface area contributed by atoms with Gasteiger partial charge in [-0.1, -0.05) is 0 Å². The number of carbonyl (C=O) groups is 2. The Labute approximate surface area is 241 Å². The van der Waals surface area contributed by atoms with Crippen molar-refractivity contribution in [3.8, 4) is 6.07 Å². The second-order valence-corrected chi connectivity index (χ2v) is 9.89. The number of carbonyl (C=O) groups excluding carboxylic acids is 2. The largest absolute Gasteiger partial charge is 0.383 e. The van der Waals surface area contributed by atoms with Crippen LogP contribution in [-0.4, -0.2) is 99.9 Å². The first-order valence-electron chi connectivity index (χ1n) is 13.4. The summed E-state index contributed by atoms with van der Waals surface area (Å²) in [6.45, 7) is 4.55. The van der Waals surface area contributed by atoms with Crippen LogP contribution in [-0.2, 0) is 32.0 Å². The Kier molecular flexibility index (Phi) is 11.8. The van der Waals surface area contributed by atoms with Crippen LogP contribution < -0.4 is 15.5 Å². The van der Waals surface area contributed by atoms with Gasteiger partial charge in [-0.3, -0.25) is 15.0 Å². The van der Waals surface area contributed by atoms with Crippen molar-refractivity contribution in [3.05, 3.63) is 40.7 Å². The van der Waals surface area contributed by atoms with E-state index in [0.29, 0.717) is 67.9 Å². The van der Waals surface area contributed by atoms with Gasteiger partial charge in [0.1, 0.15) is 23.4 Å². The summed E-state index contributed by atoms with van der Waals surface area (Å²) < 4.78 is 16.2. The fourth-order valence-corrected chi connectivity index (χ4v) is 4.50. The summed E-state index contributed by atoms with van der Waals surface area (Å²) in [6.07, 6.45) is 2.09. The molecule has 1 aliphatic heterocycles. The van der Waals surface area contributed by atoms with E-state index < -0.39 is 12.3 Å². The van der Waals surface area contributed by atoms with Gasteiger partial charge in [-0.2, -0.15) is 5.26 Å². The number of nitriles is 1. The maximum absolute atomic E-state index is 13.5. The Morgan fingerprint density at radius 1 is 1.20 bits per heavy atom. The number of anilines is 3. The summed E-state index contributed by atoms with van der Waals surface area (Å²) in [4.78, 5) is 40.4. The van der Waals surface area contributed by atoms with Crippen molar-refractivity contribution >= 4 is 29.3 Å². The Bertz CT molecular complexity index is 1240. The molecule has 3 rings (SSSR count). The van der Waals surface area contributed by atoms with Gasteiger partial charge >= 0.3 is 6.03 Å². The lowest BCUT2D eigenvalue weighted by atomic mass is 10.0. The van der Waals surface area contributed by atoms with Crippen molar-refractivity contribution in [2.45, 2.75) is 32.6 Å². The van der Waals surface area contributed by atoms with E-state index in [9.17, 15) is 14.9 Å². The normalized spacial score (nSPS) is 12.7. The zero-order chi connectivity index (χ0) is 29.9. The van der Waals surface area contributed by atoms with Crippen LogP contribution in [0.1, 0.15) is 42.0 Å². The van der Waals surface area contributed by atoms with Crippen LogP contribution >= 0.6 is 0 Å². The van der Waals surface area contributed by atoms with Gasteiger partial charge in [0.25, 0.3) is 0 Å². The minimum atomic E-state index is -0.786. The number of ether oxygens (including phenoxy) is 3.